The Balaban J connectivity index is 3.51. The van der Waals surface area contributed by atoms with Crippen LogP contribution < -0.4 is 0 Å². The maximum atomic E-state index is 12.3. The molecule has 0 spiro atoms. The lowest BCUT2D eigenvalue weighted by atomic mass is 9.97. The van der Waals surface area contributed by atoms with Crippen LogP contribution in [0, 0.1) is 17.8 Å². The summed E-state index contributed by atoms with van der Waals surface area (Å²) in [7, 11) is 0. The van der Waals surface area contributed by atoms with Gasteiger partial charge in [-0.3, -0.25) is 4.79 Å². The van der Waals surface area contributed by atoms with E-state index < -0.39 is 0 Å². The molecular formula is C27H54O2. The summed E-state index contributed by atoms with van der Waals surface area (Å²) in [5.74, 6) is 1.85. The Kier molecular flexibility index (Phi) is 20.4. The zero-order valence-corrected chi connectivity index (χ0v) is 20.8. The van der Waals surface area contributed by atoms with E-state index in [0.29, 0.717) is 6.61 Å². The molecule has 0 rings (SSSR count). The van der Waals surface area contributed by atoms with Crippen molar-refractivity contribution < 1.29 is 9.53 Å². The van der Waals surface area contributed by atoms with Crippen molar-refractivity contribution in [2.24, 2.45) is 17.8 Å². The minimum Gasteiger partial charge on any atom is -0.465 e. The minimum atomic E-state index is 0.0532. The van der Waals surface area contributed by atoms with Gasteiger partial charge in [-0.15, -0.1) is 0 Å². The van der Waals surface area contributed by atoms with E-state index in [1.807, 2.05) is 0 Å². The van der Waals surface area contributed by atoms with Gasteiger partial charge < -0.3 is 4.74 Å². The molecule has 0 fully saturated rings. The molecule has 0 saturated carbocycles. The van der Waals surface area contributed by atoms with Gasteiger partial charge in [0, 0.05) is 0 Å². The van der Waals surface area contributed by atoms with E-state index in [1.54, 1.807) is 0 Å². The van der Waals surface area contributed by atoms with Crippen LogP contribution in [-0.2, 0) is 9.53 Å². The molecule has 0 bridgehead atoms. The van der Waals surface area contributed by atoms with Gasteiger partial charge in [0.05, 0.1) is 12.5 Å². The fourth-order valence-electron chi connectivity index (χ4n) is 3.97. The largest absolute Gasteiger partial charge is 0.465 e. The zero-order chi connectivity index (χ0) is 21.7. The average molecular weight is 411 g/mol. The molecule has 174 valence electrons. The van der Waals surface area contributed by atoms with E-state index in [9.17, 15) is 4.79 Å². The first-order valence-corrected chi connectivity index (χ1v) is 13.1. The van der Waals surface area contributed by atoms with Crippen molar-refractivity contribution in [3.8, 4) is 0 Å². The van der Waals surface area contributed by atoms with Gasteiger partial charge in [0.1, 0.15) is 0 Å². The molecule has 29 heavy (non-hydrogen) atoms. The first kappa shape index (κ1) is 28.5. The normalized spacial score (nSPS) is 12.7. The van der Waals surface area contributed by atoms with Gasteiger partial charge in [-0.25, -0.2) is 0 Å². The molecular weight excluding hydrogens is 356 g/mol. The average Bonchev–Trinajstić information content (AvgIpc) is 2.67. The van der Waals surface area contributed by atoms with Gasteiger partial charge >= 0.3 is 5.97 Å². The molecule has 1 unspecified atom stereocenters. The van der Waals surface area contributed by atoms with Crippen LogP contribution in [0.5, 0.6) is 0 Å². The van der Waals surface area contributed by atoms with E-state index in [2.05, 4.69) is 34.6 Å². The summed E-state index contributed by atoms with van der Waals surface area (Å²) in [6.45, 7) is 12.0. The number of rotatable bonds is 21. The van der Waals surface area contributed by atoms with Crippen LogP contribution in [0.15, 0.2) is 0 Å². The second kappa shape index (κ2) is 20.7. The quantitative estimate of drug-likeness (QED) is 0.139. The summed E-state index contributed by atoms with van der Waals surface area (Å²) in [5, 5.41) is 0. The molecule has 1 atom stereocenters. The van der Waals surface area contributed by atoms with Crippen molar-refractivity contribution in [2.75, 3.05) is 6.61 Å². The predicted molar refractivity (Wildman–Crippen MR) is 128 cm³/mol. The Morgan fingerprint density at radius 1 is 0.586 bits per heavy atom. The van der Waals surface area contributed by atoms with E-state index in [-0.39, 0.29) is 11.9 Å². The highest BCUT2D eigenvalue weighted by molar-refractivity contribution is 5.72. The van der Waals surface area contributed by atoms with E-state index in [1.165, 1.54) is 89.9 Å². The highest BCUT2D eigenvalue weighted by Gasteiger charge is 2.17. The summed E-state index contributed by atoms with van der Waals surface area (Å²) >= 11 is 0. The third kappa shape index (κ3) is 20.5. The molecule has 0 aromatic rings. The molecule has 0 radical (unpaired) electrons. The van der Waals surface area contributed by atoms with Crippen LogP contribution in [0.1, 0.15) is 144 Å². The van der Waals surface area contributed by atoms with Gasteiger partial charge in [-0.2, -0.15) is 0 Å². The minimum absolute atomic E-state index is 0.0532. The summed E-state index contributed by atoms with van der Waals surface area (Å²) in [4.78, 5) is 12.3. The molecule has 0 aromatic carbocycles. The third-order valence-electron chi connectivity index (χ3n) is 6.08. The monoisotopic (exact) mass is 410 g/mol. The molecule has 0 saturated heterocycles. The highest BCUT2D eigenvalue weighted by atomic mass is 16.5. The van der Waals surface area contributed by atoms with Crippen LogP contribution in [0.25, 0.3) is 0 Å². The van der Waals surface area contributed by atoms with Crippen molar-refractivity contribution in [2.45, 2.75) is 144 Å². The van der Waals surface area contributed by atoms with Crippen LogP contribution in [-0.4, -0.2) is 12.6 Å². The molecule has 0 aliphatic rings. The predicted octanol–water partition coefficient (Wildman–Crippen LogP) is 9.11. The van der Waals surface area contributed by atoms with Crippen LogP contribution in [0.3, 0.4) is 0 Å². The van der Waals surface area contributed by atoms with Gasteiger partial charge in [-0.05, 0) is 31.1 Å². The Morgan fingerprint density at radius 2 is 0.966 bits per heavy atom. The Bertz CT molecular complexity index is 348. The van der Waals surface area contributed by atoms with Gasteiger partial charge in [0.2, 0.25) is 0 Å². The fraction of sp³-hybridized carbons (Fsp3) is 0.963. The van der Waals surface area contributed by atoms with Crippen LogP contribution in [0.2, 0.25) is 0 Å². The number of carbonyl (C=O) groups excluding carboxylic acids is 1. The number of hydrogen-bond donors (Lipinski definition) is 0. The lowest BCUT2D eigenvalue weighted by Crippen LogP contribution is -2.17. The van der Waals surface area contributed by atoms with Crippen molar-refractivity contribution in [1.29, 1.82) is 0 Å². The lowest BCUT2D eigenvalue weighted by Gasteiger charge is -2.14. The molecule has 2 nitrogen and oxygen atoms in total. The highest BCUT2D eigenvalue weighted by Crippen LogP contribution is 2.18. The van der Waals surface area contributed by atoms with Gasteiger partial charge in [0.15, 0.2) is 0 Å². The number of carbonyl (C=O) groups is 1. The lowest BCUT2D eigenvalue weighted by molar-refractivity contribution is -0.149. The molecule has 0 aliphatic heterocycles. The molecule has 0 amide bonds. The number of unbranched alkanes of at least 4 members (excludes halogenated alkanes) is 11. The van der Waals surface area contributed by atoms with Crippen molar-refractivity contribution in [3.05, 3.63) is 0 Å². The Morgan fingerprint density at radius 3 is 1.38 bits per heavy atom. The summed E-state index contributed by atoms with van der Waals surface area (Å²) in [6, 6.07) is 0. The molecule has 2 heteroatoms. The summed E-state index contributed by atoms with van der Waals surface area (Å²) < 4.78 is 5.55. The fourth-order valence-corrected chi connectivity index (χ4v) is 3.97. The van der Waals surface area contributed by atoms with Crippen molar-refractivity contribution in [1.82, 2.24) is 0 Å². The van der Waals surface area contributed by atoms with E-state index >= 15 is 0 Å². The first-order chi connectivity index (χ1) is 14.0. The van der Waals surface area contributed by atoms with E-state index in [4.69, 9.17) is 4.74 Å². The standard InChI is InChI=1S/C27H54O2/c1-6-26(22-18-14-10-8-7-9-12-16-20-24(2)3)27(28)29-23-19-15-11-13-17-21-25(4)5/h24-26H,6-23H2,1-5H3. The molecule has 0 aromatic heterocycles. The van der Waals surface area contributed by atoms with Gasteiger partial charge in [-0.1, -0.05) is 125 Å². The summed E-state index contributed by atoms with van der Waals surface area (Å²) in [5.41, 5.74) is 0. The van der Waals surface area contributed by atoms with Crippen LogP contribution in [0.4, 0.5) is 0 Å². The Hall–Kier alpha value is -0.530. The van der Waals surface area contributed by atoms with Gasteiger partial charge in [0.25, 0.3) is 0 Å². The molecule has 0 aliphatic carbocycles. The molecule has 0 heterocycles. The van der Waals surface area contributed by atoms with Crippen molar-refractivity contribution in [3.63, 3.8) is 0 Å². The SMILES string of the molecule is CCC(CCCCCCCCCCC(C)C)C(=O)OCCCCCCCC(C)C. The topological polar surface area (TPSA) is 26.3 Å². The number of ether oxygens (including phenoxy) is 1. The molecule has 0 N–H and O–H groups in total. The number of esters is 1. The Labute approximate surface area is 184 Å². The third-order valence-corrected chi connectivity index (χ3v) is 6.08. The maximum Gasteiger partial charge on any atom is 0.308 e. The second-order valence-electron chi connectivity index (χ2n) is 10.0. The zero-order valence-electron chi connectivity index (χ0n) is 20.8. The smallest absolute Gasteiger partial charge is 0.308 e. The second-order valence-corrected chi connectivity index (χ2v) is 10.0. The van der Waals surface area contributed by atoms with E-state index in [0.717, 1.165) is 31.1 Å². The summed E-state index contributed by atoms with van der Waals surface area (Å²) in [6.07, 6.45) is 21.5. The van der Waals surface area contributed by atoms with Crippen molar-refractivity contribution >= 4 is 5.97 Å². The number of hydrogen-bond acceptors (Lipinski definition) is 2. The van der Waals surface area contributed by atoms with Crippen LogP contribution >= 0.6 is 0 Å². The first-order valence-electron chi connectivity index (χ1n) is 13.1. The maximum absolute atomic E-state index is 12.3.